The number of rotatable bonds is 5. The number of carboxylic acid groups (broad SMARTS) is 1. The maximum Gasteiger partial charge on any atom is 0.414 e. The van der Waals surface area contributed by atoms with Crippen LogP contribution in [0.3, 0.4) is 0 Å². The zero-order valence-electron chi connectivity index (χ0n) is 12.3. The lowest BCUT2D eigenvalue weighted by Crippen LogP contribution is -2.29. The summed E-state index contributed by atoms with van der Waals surface area (Å²) in [7, 11) is 3.14. The number of carbonyl (C=O) groups excluding carboxylic acids is 1. The van der Waals surface area contributed by atoms with Crippen molar-refractivity contribution < 1.29 is 24.5 Å². The third-order valence-corrected chi connectivity index (χ3v) is 2.98. The van der Waals surface area contributed by atoms with Gasteiger partial charge in [0.2, 0.25) is 0 Å². The number of hydrogen-bond acceptors (Lipinski definition) is 4. The van der Waals surface area contributed by atoms with E-state index in [1.807, 2.05) is 0 Å². The first kappa shape index (κ1) is 16.8. The monoisotopic (exact) mass is 296 g/mol. The normalized spacial score (nSPS) is 11.6. The smallest absolute Gasteiger partial charge is 0.414 e. The summed E-state index contributed by atoms with van der Waals surface area (Å²) in [6.45, 7) is 1.58. The van der Waals surface area contributed by atoms with E-state index in [1.54, 1.807) is 39.2 Å². The number of amides is 2. The van der Waals surface area contributed by atoms with Crippen molar-refractivity contribution in [2.24, 2.45) is 0 Å². The Morgan fingerprint density at radius 3 is 2.57 bits per heavy atom. The predicted molar refractivity (Wildman–Crippen MR) is 76.5 cm³/mol. The summed E-state index contributed by atoms with van der Waals surface area (Å²) in [4.78, 5) is 23.7. The van der Waals surface area contributed by atoms with Gasteiger partial charge in [-0.1, -0.05) is 12.1 Å². The molecule has 0 heterocycles. The number of hydrogen-bond donors (Lipinski definition) is 3. The molecule has 0 saturated heterocycles. The molecule has 0 aromatic heterocycles. The summed E-state index contributed by atoms with van der Waals surface area (Å²) in [5.41, 5.74) is 1.32. The molecular formula is C14H20N2O5. The van der Waals surface area contributed by atoms with Crippen LogP contribution in [-0.2, 0) is 0 Å². The van der Waals surface area contributed by atoms with Gasteiger partial charge in [-0.05, 0) is 30.5 Å². The van der Waals surface area contributed by atoms with Crippen molar-refractivity contribution in [3.63, 3.8) is 0 Å². The summed E-state index contributed by atoms with van der Waals surface area (Å²) >= 11 is 0. The lowest BCUT2D eigenvalue weighted by atomic mass is 9.98. The lowest BCUT2D eigenvalue weighted by Gasteiger charge is -2.20. The fraction of sp³-hybridized carbons (Fsp3) is 0.429. The molecule has 7 heteroatoms. The molecule has 0 spiro atoms. The number of aliphatic hydroxyl groups is 1. The largest absolute Gasteiger partial charge is 0.465 e. The van der Waals surface area contributed by atoms with Crippen LogP contribution >= 0.6 is 0 Å². The van der Waals surface area contributed by atoms with Gasteiger partial charge in [-0.3, -0.25) is 0 Å². The molecule has 7 nitrogen and oxygen atoms in total. The van der Waals surface area contributed by atoms with E-state index in [9.17, 15) is 9.59 Å². The Morgan fingerprint density at radius 1 is 1.38 bits per heavy atom. The van der Waals surface area contributed by atoms with Gasteiger partial charge in [0, 0.05) is 20.7 Å². The average molecular weight is 296 g/mol. The number of ether oxygens (including phenoxy) is 1. The molecule has 0 aliphatic rings. The molecule has 2 amide bonds. The Labute approximate surface area is 123 Å². The second kappa shape index (κ2) is 7.49. The van der Waals surface area contributed by atoms with Crippen LogP contribution < -0.4 is 10.1 Å². The van der Waals surface area contributed by atoms with E-state index in [1.165, 1.54) is 4.90 Å². The van der Waals surface area contributed by atoms with Crippen molar-refractivity contribution in [2.45, 2.75) is 19.4 Å². The first-order chi connectivity index (χ1) is 9.86. The minimum atomic E-state index is -1.18. The maximum atomic E-state index is 11.6. The summed E-state index contributed by atoms with van der Waals surface area (Å²) in [5, 5.41) is 20.3. The van der Waals surface area contributed by atoms with Gasteiger partial charge in [0.05, 0.1) is 6.04 Å². The number of benzene rings is 1. The minimum absolute atomic E-state index is 0.161. The molecular weight excluding hydrogens is 276 g/mol. The highest BCUT2D eigenvalue weighted by Gasteiger charge is 2.19. The molecule has 0 bridgehead atoms. The average Bonchev–Trinajstić information content (AvgIpc) is 2.40. The van der Waals surface area contributed by atoms with Gasteiger partial charge in [0.1, 0.15) is 5.75 Å². The topological polar surface area (TPSA) is 99.1 Å². The number of aliphatic hydroxyl groups excluding tert-OH is 1. The molecule has 1 aromatic rings. The van der Waals surface area contributed by atoms with E-state index in [2.05, 4.69) is 5.32 Å². The van der Waals surface area contributed by atoms with Crippen LogP contribution in [0, 0.1) is 6.92 Å². The molecule has 1 aromatic carbocycles. The van der Waals surface area contributed by atoms with Crippen molar-refractivity contribution in [3.05, 3.63) is 29.3 Å². The Morgan fingerprint density at radius 2 is 2.05 bits per heavy atom. The van der Waals surface area contributed by atoms with E-state index in [-0.39, 0.29) is 13.0 Å². The van der Waals surface area contributed by atoms with Crippen LogP contribution in [0.4, 0.5) is 9.59 Å². The molecule has 1 rings (SSSR count). The first-order valence-electron chi connectivity index (χ1n) is 6.45. The first-order valence-corrected chi connectivity index (χ1v) is 6.45. The van der Waals surface area contributed by atoms with E-state index in [4.69, 9.17) is 14.9 Å². The number of nitrogens with one attached hydrogen (secondary N) is 1. The highest BCUT2D eigenvalue weighted by atomic mass is 16.6. The Balaban J connectivity index is 3.07. The molecule has 3 N–H and O–H groups in total. The molecule has 116 valence electrons. The molecule has 0 aliphatic heterocycles. The van der Waals surface area contributed by atoms with Gasteiger partial charge < -0.3 is 25.2 Å². The van der Waals surface area contributed by atoms with Gasteiger partial charge in [0.25, 0.3) is 0 Å². The zero-order chi connectivity index (χ0) is 16.0. The van der Waals surface area contributed by atoms with E-state index in [0.717, 1.165) is 0 Å². The molecule has 0 aliphatic carbocycles. The molecule has 0 radical (unpaired) electrons. The van der Waals surface area contributed by atoms with Gasteiger partial charge in [-0.15, -0.1) is 0 Å². The fourth-order valence-electron chi connectivity index (χ4n) is 1.89. The van der Waals surface area contributed by atoms with E-state index in [0.29, 0.717) is 16.9 Å². The predicted octanol–water partition coefficient (Wildman–Crippen LogP) is 1.75. The second-order valence-electron chi connectivity index (χ2n) is 4.75. The van der Waals surface area contributed by atoms with E-state index >= 15 is 0 Å². The summed E-state index contributed by atoms with van der Waals surface area (Å²) in [5.74, 6) is 0.362. The van der Waals surface area contributed by atoms with Gasteiger partial charge in [-0.25, -0.2) is 9.59 Å². The van der Waals surface area contributed by atoms with Crippen LogP contribution in [-0.4, -0.2) is 48.0 Å². The highest BCUT2D eigenvalue weighted by Crippen LogP contribution is 2.28. The van der Waals surface area contributed by atoms with Gasteiger partial charge >= 0.3 is 12.2 Å². The van der Waals surface area contributed by atoms with Gasteiger partial charge in [0.15, 0.2) is 0 Å². The summed E-state index contributed by atoms with van der Waals surface area (Å²) in [6, 6.07) is 4.48. The van der Waals surface area contributed by atoms with Crippen molar-refractivity contribution in [1.82, 2.24) is 10.2 Å². The summed E-state index contributed by atoms with van der Waals surface area (Å²) in [6.07, 6.45) is -1.46. The SMILES string of the molecule is Cc1c(OC(=O)N(C)C)cccc1C(CCO)NC(=O)O. The Kier molecular flexibility index (Phi) is 5.98. The second-order valence-corrected chi connectivity index (χ2v) is 4.75. The van der Waals surface area contributed by atoms with Crippen LogP contribution in [0.15, 0.2) is 18.2 Å². The Hall–Kier alpha value is -2.28. The summed E-state index contributed by atoms with van der Waals surface area (Å²) < 4.78 is 5.23. The van der Waals surface area contributed by atoms with Crippen LogP contribution in [0.5, 0.6) is 5.75 Å². The van der Waals surface area contributed by atoms with Gasteiger partial charge in [-0.2, -0.15) is 0 Å². The van der Waals surface area contributed by atoms with Crippen LogP contribution in [0.1, 0.15) is 23.6 Å². The van der Waals surface area contributed by atoms with Crippen LogP contribution in [0.25, 0.3) is 0 Å². The Bertz CT molecular complexity index is 516. The van der Waals surface area contributed by atoms with Crippen molar-refractivity contribution >= 4 is 12.2 Å². The molecule has 21 heavy (non-hydrogen) atoms. The maximum absolute atomic E-state index is 11.6. The number of carbonyl (C=O) groups is 2. The molecule has 0 saturated carbocycles. The standard InChI is InChI=1S/C14H20N2O5/c1-9-10(11(7-8-17)15-13(18)19)5-4-6-12(9)21-14(20)16(2)3/h4-6,11,15,17H,7-8H2,1-3H3,(H,18,19). The quantitative estimate of drug-likeness (QED) is 0.768. The highest BCUT2D eigenvalue weighted by molar-refractivity contribution is 5.71. The lowest BCUT2D eigenvalue weighted by molar-refractivity contribution is 0.171. The fourth-order valence-corrected chi connectivity index (χ4v) is 1.89. The minimum Gasteiger partial charge on any atom is -0.465 e. The zero-order valence-corrected chi connectivity index (χ0v) is 12.3. The molecule has 1 atom stereocenters. The van der Waals surface area contributed by atoms with Crippen LogP contribution in [0.2, 0.25) is 0 Å². The van der Waals surface area contributed by atoms with Crippen molar-refractivity contribution in [2.75, 3.05) is 20.7 Å². The molecule has 1 unspecified atom stereocenters. The third-order valence-electron chi connectivity index (χ3n) is 2.98. The van der Waals surface area contributed by atoms with E-state index < -0.39 is 18.2 Å². The van der Waals surface area contributed by atoms with Crippen molar-refractivity contribution in [1.29, 1.82) is 0 Å². The third kappa shape index (κ3) is 4.64. The number of nitrogens with zero attached hydrogens (tertiary/aromatic N) is 1. The van der Waals surface area contributed by atoms with Crippen molar-refractivity contribution in [3.8, 4) is 5.75 Å². The molecule has 0 fully saturated rings.